The van der Waals surface area contributed by atoms with Crippen LogP contribution in [0.1, 0.15) is 37.7 Å². The van der Waals surface area contributed by atoms with Crippen LogP contribution < -0.4 is 5.32 Å². The summed E-state index contributed by atoms with van der Waals surface area (Å²) >= 11 is 0. The normalized spacial score (nSPS) is 23.0. The highest BCUT2D eigenvalue weighted by Gasteiger charge is 2.44. The maximum absolute atomic E-state index is 12.6. The van der Waals surface area contributed by atoms with Crippen molar-refractivity contribution in [3.8, 4) is 0 Å². The van der Waals surface area contributed by atoms with Crippen LogP contribution in [0.5, 0.6) is 0 Å². The van der Waals surface area contributed by atoms with Gasteiger partial charge in [0.15, 0.2) is 0 Å². The second-order valence-electron chi connectivity index (χ2n) is 7.82. The third kappa shape index (κ3) is 4.83. The minimum absolute atomic E-state index is 0.210. The van der Waals surface area contributed by atoms with Gasteiger partial charge in [-0.3, -0.25) is 4.79 Å². The van der Waals surface area contributed by atoms with Crippen molar-refractivity contribution < 1.29 is 9.53 Å². The lowest BCUT2D eigenvalue weighted by Crippen LogP contribution is -2.50. The second kappa shape index (κ2) is 8.81. The Hall–Kier alpha value is -1.39. The van der Waals surface area contributed by atoms with Crippen molar-refractivity contribution in [3.63, 3.8) is 0 Å². The number of hydrogen-bond acceptors (Lipinski definition) is 3. The zero-order chi connectivity index (χ0) is 17.5. The molecular weight excluding hydrogens is 312 g/mol. The molecule has 1 aromatic carbocycles. The van der Waals surface area contributed by atoms with Crippen molar-refractivity contribution in [2.75, 3.05) is 39.9 Å². The summed E-state index contributed by atoms with van der Waals surface area (Å²) in [6.45, 7) is 4.77. The van der Waals surface area contributed by atoms with Gasteiger partial charge in [-0.15, -0.1) is 0 Å². The van der Waals surface area contributed by atoms with Gasteiger partial charge in [0.05, 0.1) is 12.0 Å². The van der Waals surface area contributed by atoms with Crippen LogP contribution in [0, 0.1) is 11.3 Å². The minimum atomic E-state index is -0.240. The number of ether oxygens (including phenoxy) is 1. The van der Waals surface area contributed by atoms with Crippen LogP contribution in [0.3, 0.4) is 0 Å². The Balaban J connectivity index is 1.41. The first-order chi connectivity index (χ1) is 12.2. The summed E-state index contributed by atoms with van der Waals surface area (Å²) < 4.78 is 5.28. The standard InChI is InChI=1S/C21H32N2O2/c1-25-17-21(11-6-12-21)20(24)22-15-19-9-5-13-23(16-19)14-10-18-7-3-2-4-8-18/h2-4,7-8,19H,5-6,9-17H2,1H3,(H,22,24)/t19-/m0/s1. The van der Waals surface area contributed by atoms with Crippen LogP contribution in [0.15, 0.2) is 30.3 Å². The lowest BCUT2D eigenvalue weighted by molar-refractivity contribution is -0.140. The van der Waals surface area contributed by atoms with Gasteiger partial charge in [0.2, 0.25) is 5.91 Å². The highest BCUT2D eigenvalue weighted by molar-refractivity contribution is 5.83. The SMILES string of the molecule is COCC1(C(=O)NC[C@@H]2CCCN(CCc3ccccc3)C2)CCC1. The molecule has 2 fully saturated rings. The van der Waals surface area contributed by atoms with E-state index in [1.54, 1.807) is 7.11 Å². The molecule has 4 heteroatoms. The summed E-state index contributed by atoms with van der Waals surface area (Å²) in [5.74, 6) is 0.787. The van der Waals surface area contributed by atoms with Gasteiger partial charge in [0.1, 0.15) is 0 Å². The quantitative estimate of drug-likeness (QED) is 0.788. The molecular formula is C21H32N2O2. The van der Waals surface area contributed by atoms with Gasteiger partial charge in [0, 0.05) is 26.7 Å². The van der Waals surface area contributed by atoms with Crippen LogP contribution in [0.25, 0.3) is 0 Å². The number of carbonyl (C=O) groups excluding carboxylic acids is 1. The van der Waals surface area contributed by atoms with Crippen molar-refractivity contribution in [1.82, 2.24) is 10.2 Å². The molecule has 0 unspecified atom stereocenters. The van der Waals surface area contributed by atoms with Gasteiger partial charge in [-0.2, -0.15) is 0 Å². The van der Waals surface area contributed by atoms with E-state index in [1.807, 2.05) is 0 Å². The van der Waals surface area contributed by atoms with Gasteiger partial charge >= 0.3 is 0 Å². The Morgan fingerprint density at radius 3 is 2.76 bits per heavy atom. The highest BCUT2D eigenvalue weighted by atomic mass is 16.5. The fourth-order valence-electron chi connectivity index (χ4n) is 4.19. The number of hydrogen-bond donors (Lipinski definition) is 1. The largest absolute Gasteiger partial charge is 0.384 e. The number of piperidine rings is 1. The van der Waals surface area contributed by atoms with Crippen molar-refractivity contribution >= 4 is 5.91 Å². The molecule has 3 rings (SSSR count). The Morgan fingerprint density at radius 2 is 2.08 bits per heavy atom. The molecule has 25 heavy (non-hydrogen) atoms. The van der Waals surface area contributed by atoms with Gasteiger partial charge in [0.25, 0.3) is 0 Å². The lowest BCUT2D eigenvalue weighted by atomic mass is 9.68. The van der Waals surface area contributed by atoms with Crippen LogP contribution in [0.4, 0.5) is 0 Å². The summed E-state index contributed by atoms with van der Waals surface area (Å²) in [5.41, 5.74) is 1.17. The van der Waals surface area contributed by atoms with E-state index in [0.29, 0.717) is 12.5 Å². The fourth-order valence-corrected chi connectivity index (χ4v) is 4.19. The van der Waals surface area contributed by atoms with Crippen molar-refractivity contribution in [2.45, 2.75) is 38.5 Å². The Labute approximate surface area is 151 Å². The van der Waals surface area contributed by atoms with E-state index in [1.165, 1.54) is 24.9 Å². The van der Waals surface area contributed by atoms with Crippen LogP contribution in [0.2, 0.25) is 0 Å². The number of rotatable bonds is 8. The second-order valence-corrected chi connectivity index (χ2v) is 7.82. The first kappa shape index (κ1) is 18.4. The average molecular weight is 344 g/mol. The molecule has 1 saturated carbocycles. The van der Waals surface area contributed by atoms with E-state index in [4.69, 9.17) is 4.74 Å². The summed E-state index contributed by atoms with van der Waals surface area (Å²) in [6.07, 6.45) is 6.66. The number of nitrogens with zero attached hydrogens (tertiary/aromatic N) is 1. The van der Waals surface area contributed by atoms with Crippen molar-refractivity contribution in [2.24, 2.45) is 11.3 Å². The number of benzene rings is 1. The van der Waals surface area contributed by atoms with Crippen LogP contribution >= 0.6 is 0 Å². The van der Waals surface area contributed by atoms with E-state index < -0.39 is 0 Å². The van der Waals surface area contributed by atoms with E-state index >= 15 is 0 Å². The Morgan fingerprint density at radius 1 is 1.28 bits per heavy atom. The maximum Gasteiger partial charge on any atom is 0.228 e. The summed E-state index contributed by atoms with van der Waals surface area (Å²) in [4.78, 5) is 15.1. The molecule has 138 valence electrons. The summed E-state index contributed by atoms with van der Waals surface area (Å²) in [6, 6.07) is 10.7. The van der Waals surface area contributed by atoms with E-state index in [2.05, 4.69) is 40.5 Å². The van der Waals surface area contributed by atoms with Crippen molar-refractivity contribution in [3.05, 3.63) is 35.9 Å². The molecule has 1 atom stereocenters. The number of carbonyl (C=O) groups is 1. The summed E-state index contributed by atoms with van der Waals surface area (Å²) in [5, 5.41) is 3.23. The molecule has 1 heterocycles. The molecule has 4 nitrogen and oxygen atoms in total. The molecule has 1 saturated heterocycles. The van der Waals surface area contributed by atoms with E-state index in [9.17, 15) is 4.79 Å². The predicted molar refractivity (Wildman–Crippen MR) is 100 cm³/mol. The van der Waals surface area contributed by atoms with Gasteiger partial charge in [-0.1, -0.05) is 36.8 Å². The molecule has 1 N–H and O–H groups in total. The fraction of sp³-hybridized carbons (Fsp3) is 0.667. The Bertz CT molecular complexity index is 542. The molecule has 2 aliphatic rings. The zero-order valence-corrected chi connectivity index (χ0v) is 15.5. The lowest BCUT2D eigenvalue weighted by Gasteiger charge is -2.40. The van der Waals surface area contributed by atoms with Gasteiger partial charge < -0.3 is 15.0 Å². The number of methoxy groups -OCH3 is 1. The number of amides is 1. The van der Waals surface area contributed by atoms with E-state index in [-0.39, 0.29) is 11.3 Å². The molecule has 0 aromatic heterocycles. The van der Waals surface area contributed by atoms with Crippen LogP contribution in [-0.4, -0.2) is 50.7 Å². The van der Waals surface area contributed by atoms with E-state index in [0.717, 1.165) is 45.3 Å². The first-order valence-corrected chi connectivity index (χ1v) is 9.75. The molecule has 1 aliphatic heterocycles. The van der Waals surface area contributed by atoms with Crippen LogP contribution in [-0.2, 0) is 16.0 Å². The van der Waals surface area contributed by atoms with Gasteiger partial charge in [-0.25, -0.2) is 0 Å². The monoisotopic (exact) mass is 344 g/mol. The number of nitrogens with one attached hydrogen (secondary N) is 1. The smallest absolute Gasteiger partial charge is 0.228 e. The Kier molecular flexibility index (Phi) is 6.49. The molecule has 0 radical (unpaired) electrons. The topological polar surface area (TPSA) is 41.6 Å². The third-order valence-electron chi connectivity index (χ3n) is 5.93. The zero-order valence-electron chi connectivity index (χ0n) is 15.5. The maximum atomic E-state index is 12.6. The molecule has 0 bridgehead atoms. The predicted octanol–water partition coefficient (Wildman–Crippen LogP) is 2.87. The average Bonchev–Trinajstić information content (AvgIpc) is 2.62. The number of likely N-dealkylation sites (tertiary alicyclic amines) is 1. The molecule has 0 spiro atoms. The third-order valence-corrected chi connectivity index (χ3v) is 5.93. The molecule has 1 amide bonds. The molecule has 1 aromatic rings. The minimum Gasteiger partial charge on any atom is -0.384 e. The first-order valence-electron chi connectivity index (χ1n) is 9.75. The molecule has 1 aliphatic carbocycles. The highest BCUT2D eigenvalue weighted by Crippen LogP contribution is 2.41. The van der Waals surface area contributed by atoms with Gasteiger partial charge in [-0.05, 0) is 50.1 Å². The summed E-state index contributed by atoms with van der Waals surface area (Å²) in [7, 11) is 1.69. The van der Waals surface area contributed by atoms with Crippen molar-refractivity contribution in [1.29, 1.82) is 0 Å².